The Kier molecular flexibility index (Phi) is 4.62. The van der Waals surface area contributed by atoms with E-state index in [9.17, 15) is 13.6 Å². The quantitative estimate of drug-likeness (QED) is 0.917. The van der Waals surface area contributed by atoms with E-state index in [1.54, 1.807) is 13.8 Å². The summed E-state index contributed by atoms with van der Waals surface area (Å²) < 4.78 is 26.2. The predicted octanol–water partition coefficient (Wildman–Crippen LogP) is 3.35. The van der Waals surface area contributed by atoms with Crippen LogP contribution >= 0.6 is 11.6 Å². The van der Waals surface area contributed by atoms with Crippen LogP contribution in [0.2, 0.25) is 5.02 Å². The van der Waals surface area contributed by atoms with E-state index in [1.807, 2.05) is 6.07 Å². The summed E-state index contributed by atoms with van der Waals surface area (Å²) in [6.07, 6.45) is 0. The van der Waals surface area contributed by atoms with Crippen molar-refractivity contribution in [3.8, 4) is 6.07 Å². The van der Waals surface area contributed by atoms with Gasteiger partial charge in [0.25, 0.3) is 0 Å². The second kappa shape index (κ2) is 5.78. The van der Waals surface area contributed by atoms with Gasteiger partial charge in [-0.15, -0.1) is 0 Å². The SMILES string of the molecule is CC(C)C(C#N)C(=O)Nc1c(F)cc(F)cc1Cl. The minimum Gasteiger partial charge on any atom is -0.321 e. The Balaban J connectivity index is 2.99. The Morgan fingerprint density at radius 1 is 1.44 bits per heavy atom. The van der Waals surface area contributed by atoms with Crippen LogP contribution in [0.4, 0.5) is 14.5 Å². The van der Waals surface area contributed by atoms with Crippen molar-refractivity contribution in [1.29, 1.82) is 5.26 Å². The van der Waals surface area contributed by atoms with Gasteiger partial charge in [-0.25, -0.2) is 8.78 Å². The van der Waals surface area contributed by atoms with Crippen molar-refractivity contribution in [2.45, 2.75) is 13.8 Å². The molecule has 6 heteroatoms. The number of carbonyl (C=O) groups excluding carboxylic acids is 1. The van der Waals surface area contributed by atoms with Gasteiger partial charge in [0, 0.05) is 6.07 Å². The maximum absolute atomic E-state index is 13.4. The van der Waals surface area contributed by atoms with E-state index >= 15 is 0 Å². The lowest BCUT2D eigenvalue weighted by atomic mass is 9.96. The summed E-state index contributed by atoms with van der Waals surface area (Å²) in [4.78, 5) is 11.7. The van der Waals surface area contributed by atoms with Crippen molar-refractivity contribution < 1.29 is 13.6 Å². The second-order valence-corrected chi connectivity index (χ2v) is 4.49. The van der Waals surface area contributed by atoms with E-state index in [4.69, 9.17) is 16.9 Å². The van der Waals surface area contributed by atoms with Crippen molar-refractivity contribution in [2.75, 3.05) is 5.32 Å². The van der Waals surface area contributed by atoms with Crippen LogP contribution in [0, 0.1) is 34.8 Å². The van der Waals surface area contributed by atoms with E-state index in [0.29, 0.717) is 6.07 Å². The van der Waals surface area contributed by atoms with Crippen LogP contribution in [-0.4, -0.2) is 5.91 Å². The minimum absolute atomic E-state index is 0.225. The molecule has 1 N–H and O–H groups in total. The number of rotatable bonds is 3. The Bertz CT molecular complexity index is 488. The topological polar surface area (TPSA) is 52.9 Å². The van der Waals surface area contributed by atoms with E-state index in [1.165, 1.54) is 0 Å². The molecule has 0 aliphatic carbocycles. The summed E-state index contributed by atoms with van der Waals surface area (Å²) in [5.41, 5.74) is -0.316. The third kappa shape index (κ3) is 3.17. The zero-order valence-corrected chi connectivity index (χ0v) is 10.6. The number of carbonyl (C=O) groups is 1. The van der Waals surface area contributed by atoms with Crippen molar-refractivity contribution in [3.63, 3.8) is 0 Å². The van der Waals surface area contributed by atoms with Crippen LogP contribution in [0.5, 0.6) is 0 Å². The molecule has 96 valence electrons. The summed E-state index contributed by atoms with van der Waals surface area (Å²) in [5.74, 6) is -3.63. The van der Waals surface area contributed by atoms with Gasteiger partial charge in [0.1, 0.15) is 11.7 Å². The zero-order chi connectivity index (χ0) is 13.9. The van der Waals surface area contributed by atoms with E-state index in [0.717, 1.165) is 6.07 Å². The van der Waals surface area contributed by atoms with Crippen LogP contribution in [-0.2, 0) is 4.79 Å². The Labute approximate surface area is 108 Å². The molecule has 1 aromatic rings. The Hall–Kier alpha value is -1.67. The molecule has 0 aromatic heterocycles. The molecule has 0 fully saturated rings. The number of halogens is 3. The fraction of sp³-hybridized carbons (Fsp3) is 0.333. The monoisotopic (exact) mass is 272 g/mol. The molecule has 0 bridgehead atoms. The van der Waals surface area contributed by atoms with Crippen molar-refractivity contribution in [3.05, 3.63) is 28.8 Å². The molecule has 0 radical (unpaired) electrons. The first kappa shape index (κ1) is 14.4. The number of amides is 1. The van der Waals surface area contributed by atoms with Gasteiger partial charge in [0.15, 0.2) is 5.82 Å². The molecule has 0 spiro atoms. The molecule has 1 unspecified atom stereocenters. The number of hydrogen-bond acceptors (Lipinski definition) is 2. The van der Waals surface area contributed by atoms with Crippen LogP contribution in [0.1, 0.15) is 13.8 Å². The number of anilines is 1. The average Bonchev–Trinajstić information content (AvgIpc) is 2.23. The van der Waals surface area contributed by atoms with Gasteiger partial charge in [-0.1, -0.05) is 25.4 Å². The lowest BCUT2D eigenvalue weighted by molar-refractivity contribution is -0.119. The van der Waals surface area contributed by atoms with Crippen LogP contribution in [0.3, 0.4) is 0 Å². The highest BCUT2D eigenvalue weighted by Gasteiger charge is 2.23. The van der Waals surface area contributed by atoms with Gasteiger partial charge >= 0.3 is 0 Å². The Morgan fingerprint density at radius 3 is 2.50 bits per heavy atom. The lowest BCUT2D eigenvalue weighted by Gasteiger charge is -2.14. The second-order valence-electron chi connectivity index (χ2n) is 4.08. The van der Waals surface area contributed by atoms with Gasteiger partial charge in [0.2, 0.25) is 5.91 Å². The maximum atomic E-state index is 13.4. The molecule has 0 aliphatic rings. The number of nitriles is 1. The number of benzene rings is 1. The lowest BCUT2D eigenvalue weighted by Crippen LogP contribution is -2.26. The largest absolute Gasteiger partial charge is 0.321 e. The molecular formula is C12H11ClF2N2O. The van der Waals surface area contributed by atoms with Crippen LogP contribution in [0.15, 0.2) is 12.1 Å². The highest BCUT2D eigenvalue weighted by molar-refractivity contribution is 6.33. The summed E-state index contributed by atoms with van der Waals surface area (Å²) in [6, 6.07) is 3.32. The van der Waals surface area contributed by atoms with E-state index < -0.39 is 23.5 Å². The van der Waals surface area contributed by atoms with Gasteiger partial charge < -0.3 is 5.32 Å². The number of hydrogen-bond donors (Lipinski definition) is 1. The van der Waals surface area contributed by atoms with Gasteiger partial charge in [-0.05, 0) is 12.0 Å². The third-order valence-corrected chi connectivity index (χ3v) is 2.64. The zero-order valence-electron chi connectivity index (χ0n) is 9.80. The third-order valence-electron chi connectivity index (χ3n) is 2.34. The minimum atomic E-state index is -0.978. The molecule has 1 aromatic carbocycles. The Morgan fingerprint density at radius 2 is 2.06 bits per heavy atom. The van der Waals surface area contributed by atoms with E-state index in [-0.39, 0.29) is 16.6 Å². The van der Waals surface area contributed by atoms with Crippen molar-refractivity contribution >= 4 is 23.2 Å². The number of nitrogens with zero attached hydrogens (tertiary/aromatic N) is 1. The normalized spacial score (nSPS) is 12.1. The maximum Gasteiger partial charge on any atom is 0.242 e. The molecule has 3 nitrogen and oxygen atoms in total. The molecule has 18 heavy (non-hydrogen) atoms. The first-order chi connectivity index (χ1) is 8.36. The number of nitrogens with one attached hydrogen (secondary N) is 1. The van der Waals surface area contributed by atoms with Crippen LogP contribution < -0.4 is 5.32 Å². The fourth-order valence-corrected chi connectivity index (χ4v) is 1.61. The molecule has 0 saturated heterocycles. The van der Waals surface area contributed by atoms with Gasteiger partial charge in [-0.3, -0.25) is 4.79 Å². The molecule has 1 amide bonds. The first-order valence-corrected chi connectivity index (χ1v) is 5.59. The molecular weight excluding hydrogens is 262 g/mol. The van der Waals surface area contributed by atoms with Gasteiger partial charge in [0.05, 0.1) is 16.8 Å². The average molecular weight is 273 g/mol. The van der Waals surface area contributed by atoms with Gasteiger partial charge in [-0.2, -0.15) is 5.26 Å². The highest BCUT2D eigenvalue weighted by atomic mass is 35.5. The molecule has 1 rings (SSSR count). The predicted molar refractivity (Wildman–Crippen MR) is 63.9 cm³/mol. The summed E-state index contributed by atoms with van der Waals surface area (Å²) in [7, 11) is 0. The molecule has 1 atom stereocenters. The van der Waals surface area contributed by atoms with Crippen LogP contribution in [0.25, 0.3) is 0 Å². The highest BCUT2D eigenvalue weighted by Crippen LogP contribution is 2.27. The summed E-state index contributed by atoms with van der Waals surface area (Å²) in [6.45, 7) is 3.38. The van der Waals surface area contributed by atoms with E-state index in [2.05, 4.69) is 5.32 Å². The molecule has 0 saturated carbocycles. The summed E-state index contributed by atoms with van der Waals surface area (Å²) >= 11 is 5.63. The fourth-order valence-electron chi connectivity index (χ4n) is 1.37. The molecule has 0 heterocycles. The molecule has 0 aliphatic heterocycles. The standard InChI is InChI=1S/C12H11ClF2N2O/c1-6(2)8(5-16)12(18)17-11-9(13)3-7(14)4-10(11)15/h3-4,6,8H,1-2H3,(H,17,18). The van der Waals surface area contributed by atoms with Crippen molar-refractivity contribution in [1.82, 2.24) is 0 Å². The first-order valence-electron chi connectivity index (χ1n) is 5.21. The summed E-state index contributed by atoms with van der Waals surface area (Å²) in [5, 5.41) is 10.8. The van der Waals surface area contributed by atoms with Crippen molar-refractivity contribution in [2.24, 2.45) is 11.8 Å². The smallest absolute Gasteiger partial charge is 0.242 e.